The summed E-state index contributed by atoms with van der Waals surface area (Å²) in [6.07, 6.45) is 0.676. The minimum Gasteiger partial charge on any atom is -0.399 e. The summed E-state index contributed by atoms with van der Waals surface area (Å²) in [5.41, 5.74) is 8.06. The van der Waals surface area contributed by atoms with E-state index in [1.165, 1.54) is 6.07 Å². The number of nitrogens with two attached hydrogens (primary N) is 1. The molecular weight excluding hydrogens is 224 g/mol. The number of hydrogen-bond acceptors (Lipinski definition) is 3. The Labute approximate surface area is 97.9 Å². The molecule has 3 nitrogen and oxygen atoms in total. The molecule has 16 heavy (non-hydrogen) atoms. The second-order valence-corrected chi connectivity index (χ2v) is 3.77. The van der Waals surface area contributed by atoms with Crippen LogP contribution in [0.25, 0.3) is 11.3 Å². The zero-order chi connectivity index (χ0) is 11.5. The topological polar surface area (TPSA) is 56.0 Å². The number of nitrogens with zero attached hydrogens (tertiary/aromatic N) is 1. The lowest BCUT2D eigenvalue weighted by molar-refractivity contribution is 0.111. The molecular formula is C12H9ClN2O. The molecule has 0 fully saturated rings. The van der Waals surface area contributed by atoms with Gasteiger partial charge in [-0.25, -0.2) is 4.98 Å². The Morgan fingerprint density at radius 2 is 1.88 bits per heavy atom. The van der Waals surface area contributed by atoms with Crippen molar-refractivity contribution < 1.29 is 4.79 Å². The lowest BCUT2D eigenvalue weighted by atomic mass is 10.1. The van der Waals surface area contributed by atoms with E-state index >= 15 is 0 Å². The Morgan fingerprint density at radius 3 is 2.50 bits per heavy atom. The Morgan fingerprint density at radius 1 is 1.19 bits per heavy atom. The Balaban J connectivity index is 2.51. The monoisotopic (exact) mass is 232 g/mol. The molecule has 80 valence electrons. The number of carbonyl (C=O) groups is 1. The maximum absolute atomic E-state index is 10.7. The van der Waals surface area contributed by atoms with Crippen molar-refractivity contribution in [2.75, 3.05) is 5.73 Å². The SMILES string of the molecule is Nc1cc(C=O)nc(-c2ccc(Cl)cc2)c1. The summed E-state index contributed by atoms with van der Waals surface area (Å²) >= 11 is 5.79. The molecule has 1 heterocycles. The van der Waals surface area contributed by atoms with E-state index in [0.29, 0.717) is 28.4 Å². The number of aromatic nitrogens is 1. The first-order valence-electron chi connectivity index (χ1n) is 4.68. The van der Waals surface area contributed by atoms with Gasteiger partial charge in [0.05, 0.1) is 5.69 Å². The molecule has 0 saturated carbocycles. The lowest BCUT2D eigenvalue weighted by Gasteiger charge is -2.03. The number of nitrogen functional groups attached to an aromatic ring is 1. The van der Waals surface area contributed by atoms with Gasteiger partial charge >= 0.3 is 0 Å². The zero-order valence-electron chi connectivity index (χ0n) is 8.35. The van der Waals surface area contributed by atoms with Crippen molar-refractivity contribution in [3.63, 3.8) is 0 Å². The Kier molecular flexibility index (Phi) is 2.88. The molecule has 0 amide bonds. The van der Waals surface area contributed by atoms with E-state index < -0.39 is 0 Å². The van der Waals surface area contributed by atoms with Crippen LogP contribution in [0.3, 0.4) is 0 Å². The van der Waals surface area contributed by atoms with Crippen LogP contribution in [-0.4, -0.2) is 11.3 Å². The van der Waals surface area contributed by atoms with Gasteiger partial charge in [0.15, 0.2) is 6.29 Å². The largest absolute Gasteiger partial charge is 0.399 e. The van der Waals surface area contributed by atoms with Gasteiger partial charge in [0, 0.05) is 16.3 Å². The Bertz CT molecular complexity index is 523. The normalized spacial score (nSPS) is 10.1. The van der Waals surface area contributed by atoms with Crippen molar-refractivity contribution in [3.8, 4) is 11.3 Å². The fourth-order valence-corrected chi connectivity index (χ4v) is 1.53. The van der Waals surface area contributed by atoms with Crippen LogP contribution in [0.5, 0.6) is 0 Å². The highest BCUT2D eigenvalue weighted by molar-refractivity contribution is 6.30. The predicted molar refractivity (Wildman–Crippen MR) is 64.5 cm³/mol. The third-order valence-electron chi connectivity index (χ3n) is 2.13. The van der Waals surface area contributed by atoms with Crippen molar-refractivity contribution in [3.05, 3.63) is 47.1 Å². The quantitative estimate of drug-likeness (QED) is 0.810. The van der Waals surface area contributed by atoms with Gasteiger partial charge in [0.1, 0.15) is 5.69 Å². The molecule has 0 spiro atoms. The second kappa shape index (κ2) is 4.33. The molecule has 0 unspecified atom stereocenters. The first-order chi connectivity index (χ1) is 7.69. The van der Waals surface area contributed by atoms with Crippen molar-refractivity contribution >= 4 is 23.6 Å². The van der Waals surface area contributed by atoms with Gasteiger partial charge in [-0.2, -0.15) is 0 Å². The second-order valence-electron chi connectivity index (χ2n) is 3.34. The average Bonchev–Trinajstić information content (AvgIpc) is 2.29. The summed E-state index contributed by atoms with van der Waals surface area (Å²) in [5.74, 6) is 0. The van der Waals surface area contributed by atoms with Crippen molar-refractivity contribution in [1.82, 2.24) is 4.98 Å². The highest BCUT2D eigenvalue weighted by Crippen LogP contribution is 2.21. The molecule has 1 aromatic carbocycles. The highest BCUT2D eigenvalue weighted by atomic mass is 35.5. The summed E-state index contributed by atoms with van der Waals surface area (Å²) < 4.78 is 0. The van der Waals surface area contributed by atoms with Crippen LogP contribution in [0.4, 0.5) is 5.69 Å². The number of aldehydes is 1. The highest BCUT2D eigenvalue weighted by Gasteiger charge is 2.03. The molecule has 1 aromatic heterocycles. The van der Waals surface area contributed by atoms with Crippen LogP contribution in [0.2, 0.25) is 5.02 Å². The molecule has 2 N–H and O–H groups in total. The maximum atomic E-state index is 10.7. The van der Waals surface area contributed by atoms with Gasteiger partial charge in [-0.05, 0) is 24.3 Å². The molecule has 0 saturated heterocycles. The van der Waals surface area contributed by atoms with Crippen LogP contribution in [-0.2, 0) is 0 Å². The van der Waals surface area contributed by atoms with Gasteiger partial charge in [0.25, 0.3) is 0 Å². The van der Waals surface area contributed by atoms with E-state index in [4.69, 9.17) is 17.3 Å². The van der Waals surface area contributed by atoms with Gasteiger partial charge < -0.3 is 5.73 Å². The summed E-state index contributed by atoms with van der Waals surface area (Å²) in [6.45, 7) is 0. The maximum Gasteiger partial charge on any atom is 0.168 e. The number of halogens is 1. The summed E-state index contributed by atoms with van der Waals surface area (Å²) in [4.78, 5) is 14.8. The molecule has 0 aliphatic heterocycles. The molecule has 0 aliphatic rings. The van der Waals surface area contributed by atoms with Gasteiger partial charge in [0.2, 0.25) is 0 Å². The molecule has 0 bridgehead atoms. The summed E-state index contributed by atoms with van der Waals surface area (Å²) in [7, 11) is 0. The van der Waals surface area contributed by atoms with Crippen molar-refractivity contribution in [1.29, 1.82) is 0 Å². The minimum atomic E-state index is 0.324. The van der Waals surface area contributed by atoms with Gasteiger partial charge in [-0.15, -0.1) is 0 Å². The number of carbonyl (C=O) groups excluding carboxylic acids is 1. The molecule has 0 radical (unpaired) electrons. The number of anilines is 1. The number of pyridine rings is 1. The van der Waals surface area contributed by atoms with Gasteiger partial charge in [-0.3, -0.25) is 4.79 Å². The van der Waals surface area contributed by atoms with Crippen LogP contribution < -0.4 is 5.73 Å². The van der Waals surface area contributed by atoms with E-state index in [1.807, 2.05) is 12.1 Å². The number of hydrogen-bond donors (Lipinski definition) is 1. The molecule has 0 aliphatic carbocycles. The molecule has 0 atom stereocenters. The van der Waals surface area contributed by atoms with Crippen molar-refractivity contribution in [2.45, 2.75) is 0 Å². The third-order valence-corrected chi connectivity index (χ3v) is 2.38. The van der Waals surface area contributed by atoms with E-state index in [0.717, 1.165) is 5.56 Å². The van der Waals surface area contributed by atoms with E-state index in [2.05, 4.69) is 4.98 Å². The molecule has 2 rings (SSSR count). The van der Waals surface area contributed by atoms with Crippen LogP contribution in [0, 0.1) is 0 Å². The lowest BCUT2D eigenvalue weighted by Crippen LogP contribution is -1.94. The first kappa shape index (κ1) is 10.6. The fourth-order valence-electron chi connectivity index (χ4n) is 1.40. The van der Waals surface area contributed by atoms with E-state index in [9.17, 15) is 4.79 Å². The fraction of sp³-hybridized carbons (Fsp3) is 0. The molecule has 2 aromatic rings. The zero-order valence-corrected chi connectivity index (χ0v) is 9.11. The van der Waals surface area contributed by atoms with Crippen LogP contribution in [0.15, 0.2) is 36.4 Å². The smallest absolute Gasteiger partial charge is 0.168 e. The minimum absolute atomic E-state index is 0.324. The summed E-state index contributed by atoms with van der Waals surface area (Å²) in [6, 6.07) is 10.4. The standard InChI is InChI=1S/C12H9ClN2O/c13-9-3-1-8(2-4-9)12-6-10(14)5-11(7-16)15-12/h1-7H,(H2,14,15). The van der Waals surface area contributed by atoms with E-state index in [1.54, 1.807) is 18.2 Å². The Hall–Kier alpha value is -1.87. The number of rotatable bonds is 2. The van der Waals surface area contributed by atoms with Crippen LogP contribution in [0.1, 0.15) is 10.5 Å². The number of benzene rings is 1. The predicted octanol–water partition coefficient (Wildman–Crippen LogP) is 2.80. The van der Waals surface area contributed by atoms with Crippen LogP contribution >= 0.6 is 11.6 Å². The third kappa shape index (κ3) is 2.20. The average molecular weight is 233 g/mol. The molecule has 4 heteroatoms. The summed E-state index contributed by atoms with van der Waals surface area (Å²) in [5, 5.41) is 0.656. The van der Waals surface area contributed by atoms with Gasteiger partial charge in [-0.1, -0.05) is 23.7 Å². The van der Waals surface area contributed by atoms with E-state index in [-0.39, 0.29) is 0 Å². The van der Waals surface area contributed by atoms with Crippen molar-refractivity contribution in [2.24, 2.45) is 0 Å². The first-order valence-corrected chi connectivity index (χ1v) is 5.05.